The summed E-state index contributed by atoms with van der Waals surface area (Å²) in [7, 11) is 0. The van der Waals surface area contributed by atoms with Gasteiger partial charge in [0.05, 0.1) is 5.01 Å². The second-order valence-electron chi connectivity index (χ2n) is 4.01. The molecule has 2 rings (SSSR count). The summed E-state index contributed by atoms with van der Waals surface area (Å²) in [4.78, 5) is 7.18. The first-order chi connectivity index (χ1) is 8.29. The molecular formula is C13H18N2S2. The molecule has 0 aliphatic carbocycles. The Morgan fingerprint density at radius 1 is 1.41 bits per heavy atom. The van der Waals surface area contributed by atoms with E-state index in [1.807, 2.05) is 22.9 Å². The Morgan fingerprint density at radius 2 is 2.29 bits per heavy atom. The van der Waals surface area contributed by atoms with E-state index in [0.29, 0.717) is 6.04 Å². The van der Waals surface area contributed by atoms with Gasteiger partial charge >= 0.3 is 0 Å². The number of nitrogens with one attached hydrogen (secondary N) is 1. The van der Waals surface area contributed by atoms with E-state index >= 15 is 0 Å². The lowest BCUT2D eigenvalue weighted by atomic mass is 10.2. The number of hydrogen-bond acceptors (Lipinski definition) is 4. The van der Waals surface area contributed by atoms with Crippen molar-refractivity contribution in [2.24, 2.45) is 0 Å². The van der Waals surface area contributed by atoms with Crippen molar-refractivity contribution in [3.63, 3.8) is 0 Å². The molecule has 17 heavy (non-hydrogen) atoms. The van der Waals surface area contributed by atoms with Crippen LogP contribution in [0.2, 0.25) is 0 Å². The molecule has 4 heteroatoms. The van der Waals surface area contributed by atoms with E-state index in [2.05, 4.69) is 36.3 Å². The van der Waals surface area contributed by atoms with E-state index in [-0.39, 0.29) is 0 Å². The van der Waals surface area contributed by atoms with Crippen molar-refractivity contribution in [3.05, 3.63) is 38.5 Å². The molecule has 0 aliphatic heterocycles. The number of thiazole rings is 1. The fourth-order valence-corrected chi connectivity index (χ4v) is 3.29. The van der Waals surface area contributed by atoms with E-state index in [0.717, 1.165) is 19.4 Å². The Labute approximate surface area is 111 Å². The highest BCUT2D eigenvalue weighted by atomic mass is 32.1. The maximum atomic E-state index is 4.28. The Balaban J connectivity index is 1.78. The van der Waals surface area contributed by atoms with Crippen molar-refractivity contribution in [2.75, 3.05) is 6.54 Å². The largest absolute Gasteiger partial charge is 0.309 e. The van der Waals surface area contributed by atoms with Crippen molar-refractivity contribution >= 4 is 22.7 Å². The van der Waals surface area contributed by atoms with E-state index in [4.69, 9.17) is 0 Å². The van der Waals surface area contributed by atoms with Gasteiger partial charge < -0.3 is 5.32 Å². The second kappa shape index (κ2) is 6.28. The molecule has 0 amide bonds. The average molecular weight is 266 g/mol. The maximum Gasteiger partial charge on any atom is 0.0937 e. The average Bonchev–Trinajstić information content (AvgIpc) is 2.99. The molecule has 0 saturated heterocycles. The highest BCUT2D eigenvalue weighted by molar-refractivity contribution is 7.12. The summed E-state index contributed by atoms with van der Waals surface area (Å²) in [6.45, 7) is 5.43. The van der Waals surface area contributed by atoms with Crippen molar-refractivity contribution in [1.29, 1.82) is 0 Å². The summed E-state index contributed by atoms with van der Waals surface area (Å²) < 4.78 is 0. The van der Waals surface area contributed by atoms with Crippen LogP contribution in [-0.2, 0) is 12.8 Å². The molecule has 1 N–H and O–H groups in total. The molecule has 1 atom stereocenters. The molecule has 0 radical (unpaired) electrons. The molecule has 1 unspecified atom stereocenters. The van der Waals surface area contributed by atoms with Gasteiger partial charge in [-0.15, -0.1) is 22.7 Å². The summed E-state index contributed by atoms with van der Waals surface area (Å²) in [5.74, 6) is 0. The van der Waals surface area contributed by atoms with Crippen LogP contribution < -0.4 is 5.32 Å². The summed E-state index contributed by atoms with van der Waals surface area (Å²) in [5, 5.41) is 6.80. The molecule has 0 aliphatic rings. The minimum absolute atomic E-state index is 0.445. The van der Waals surface area contributed by atoms with E-state index in [9.17, 15) is 0 Å². The Hall–Kier alpha value is -0.710. The molecule has 0 fully saturated rings. The second-order valence-corrected chi connectivity index (χ2v) is 6.19. The summed E-state index contributed by atoms with van der Waals surface area (Å²) in [6, 6.07) is 4.92. The molecular weight excluding hydrogens is 248 g/mol. The first-order valence-electron chi connectivity index (χ1n) is 6.00. The predicted molar refractivity (Wildman–Crippen MR) is 75.9 cm³/mol. The number of aromatic nitrogens is 1. The Bertz CT molecular complexity index is 434. The van der Waals surface area contributed by atoms with Crippen LogP contribution in [0.5, 0.6) is 0 Å². The molecule has 92 valence electrons. The lowest BCUT2D eigenvalue weighted by molar-refractivity contribution is 0.584. The Morgan fingerprint density at radius 3 is 2.94 bits per heavy atom. The fraction of sp³-hybridized carbons (Fsp3) is 0.462. The number of aryl methyl sites for hydroxylation is 1. The van der Waals surface area contributed by atoms with Gasteiger partial charge in [0, 0.05) is 40.3 Å². The minimum atomic E-state index is 0.445. The molecule has 2 aromatic heterocycles. The highest BCUT2D eigenvalue weighted by Gasteiger charge is 2.07. The van der Waals surface area contributed by atoms with Gasteiger partial charge in [-0.25, -0.2) is 4.98 Å². The zero-order valence-electron chi connectivity index (χ0n) is 10.3. The van der Waals surface area contributed by atoms with Crippen LogP contribution in [0.15, 0.2) is 23.7 Å². The van der Waals surface area contributed by atoms with E-state index < -0.39 is 0 Å². The minimum Gasteiger partial charge on any atom is -0.309 e. The zero-order chi connectivity index (χ0) is 12.1. The third-order valence-corrected chi connectivity index (χ3v) is 4.98. The summed E-state index contributed by atoms with van der Waals surface area (Å²) >= 11 is 3.64. The summed E-state index contributed by atoms with van der Waals surface area (Å²) in [6.07, 6.45) is 4.03. The first-order valence-corrected chi connectivity index (χ1v) is 7.69. The topological polar surface area (TPSA) is 24.9 Å². The molecule has 0 spiro atoms. The molecule has 0 bridgehead atoms. The van der Waals surface area contributed by atoms with Crippen LogP contribution in [-0.4, -0.2) is 11.5 Å². The number of hydrogen-bond donors (Lipinski definition) is 1. The number of thiophene rings is 1. The van der Waals surface area contributed by atoms with Crippen molar-refractivity contribution in [3.8, 4) is 0 Å². The van der Waals surface area contributed by atoms with E-state index in [1.165, 1.54) is 14.8 Å². The predicted octanol–water partition coefficient (Wildman–Crippen LogP) is 3.66. The van der Waals surface area contributed by atoms with Crippen LogP contribution in [0.25, 0.3) is 0 Å². The van der Waals surface area contributed by atoms with Crippen LogP contribution in [0.4, 0.5) is 0 Å². The van der Waals surface area contributed by atoms with Gasteiger partial charge in [0.15, 0.2) is 0 Å². The normalized spacial score (nSPS) is 12.8. The Kier molecular flexibility index (Phi) is 4.71. The third-order valence-electron chi connectivity index (χ3n) is 2.73. The molecule has 2 aromatic rings. The summed E-state index contributed by atoms with van der Waals surface area (Å²) in [5.41, 5.74) is 0. The van der Waals surface area contributed by atoms with Crippen LogP contribution in [0, 0.1) is 0 Å². The maximum absolute atomic E-state index is 4.28. The quantitative estimate of drug-likeness (QED) is 0.863. The lowest BCUT2D eigenvalue weighted by Gasteiger charge is -2.11. The standard InChI is InChI=1S/C13H18N2S2/c1-3-11-4-5-12(17-11)10(2)14-7-6-13-15-8-9-16-13/h4-5,8-10,14H,3,6-7H2,1-2H3. The van der Waals surface area contributed by atoms with Gasteiger partial charge in [-0.2, -0.15) is 0 Å². The molecule has 2 nitrogen and oxygen atoms in total. The smallest absolute Gasteiger partial charge is 0.0937 e. The van der Waals surface area contributed by atoms with Crippen molar-refractivity contribution in [1.82, 2.24) is 10.3 Å². The van der Waals surface area contributed by atoms with Gasteiger partial charge in [-0.3, -0.25) is 0 Å². The molecule has 2 heterocycles. The lowest BCUT2D eigenvalue weighted by Crippen LogP contribution is -2.20. The number of nitrogens with zero attached hydrogens (tertiary/aromatic N) is 1. The van der Waals surface area contributed by atoms with Crippen LogP contribution in [0.1, 0.15) is 34.7 Å². The number of rotatable bonds is 6. The van der Waals surface area contributed by atoms with Crippen molar-refractivity contribution < 1.29 is 0 Å². The van der Waals surface area contributed by atoms with Crippen LogP contribution in [0.3, 0.4) is 0 Å². The van der Waals surface area contributed by atoms with Gasteiger partial charge in [-0.1, -0.05) is 6.92 Å². The monoisotopic (exact) mass is 266 g/mol. The van der Waals surface area contributed by atoms with Gasteiger partial charge in [-0.05, 0) is 25.5 Å². The van der Waals surface area contributed by atoms with Gasteiger partial charge in [0.25, 0.3) is 0 Å². The zero-order valence-corrected chi connectivity index (χ0v) is 11.9. The van der Waals surface area contributed by atoms with E-state index in [1.54, 1.807) is 11.3 Å². The fourth-order valence-electron chi connectivity index (χ4n) is 1.69. The van der Waals surface area contributed by atoms with Crippen molar-refractivity contribution in [2.45, 2.75) is 32.7 Å². The highest BCUT2D eigenvalue weighted by Crippen LogP contribution is 2.23. The first kappa shape index (κ1) is 12.7. The SMILES string of the molecule is CCc1ccc(C(C)NCCc2nccs2)s1. The van der Waals surface area contributed by atoms with Crippen LogP contribution >= 0.6 is 22.7 Å². The molecule has 0 saturated carbocycles. The van der Waals surface area contributed by atoms with Gasteiger partial charge in [0.1, 0.15) is 0 Å². The van der Waals surface area contributed by atoms with Gasteiger partial charge in [0.2, 0.25) is 0 Å². The molecule has 0 aromatic carbocycles. The third kappa shape index (κ3) is 3.63.